The Hall–Kier alpha value is -2.34. The maximum atomic E-state index is 11.9. The summed E-state index contributed by atoms with van der Waals surface area (Å²) in [6.45, 7) is 0. The van der Waals surface area contributed by atoms with Gasteiger partial charge in [-0.1, -0.05) is 42.5 Å². The van der Waals surface area contributed by atoms with Crippen molar-refractivity contribution >= 4 is 34.2 Å². The summed E-state index contributed by atoms with van der Waals surface area (Å²) in [5.41, 5.74) is 0.0637. The average Bonchev–Trinajstić information content (AvgIpc) is 2.46. The summed E-state index contributed by atoms with van der Waals surface area (Å²) < 4.78 is 0. The van der Waals surface area contributed by atoms with Gasteiger partial charge >= 0.3 is 0 Å². The predicted molar refractivity (Wildman–Crippen MR) is 78.5 cm³/mol. The molecule has 2 aromatic rings. The molecule has 20 heavy (non-hydrogen) atoms. The highest BCUT2D eigenvalue weighted by atomic mass is 79.9. The Morgan fingerprint density at radius 3 is 2.00 bits per heavy atom. The van der Waals surface area contributed by atoms with Crippen molar-refractivity contribution in [2.24, 2.45) is 0 Å². The van der Waals surface area contributed by atoms with Gasteiger partial charge in [0.15, 0.2) is 0 Å². The molecule has 0 bridgehead atoms. The van der Waals surface area contributed by atoms with Crippen LogP contribution in [-0.4, -0.2) is 16.5 Å². The second kappa shape index (κ2) is 6.72. The molecule has 0 N–H and O–H groups in total. The summed E-state index contributed by atoms with van der Waals surface area (Å²) in [7, 11) is 0. The van der Waals surface area contributed by atoms with Gasteiger partial charge in [0.05, 0.1) is 4.92 Å². The molecule has 5 nitrogen and oxygen atoms in total. The summed E-state index contributed by atoms with van der Waals surface area (Å²) in [6.07, 6.45) is 0. The summed E-state index contributed by atoms with van der Waals surface area (Å²) in [4.78, 5) is 33.9. The van der Waals surface area contributed by atoms with E-state index >= 15 is 0 Å². The van der Waals surface area contributed by atoms with Crippen LogP contribution in [0.3, 0.4) is 0 Å². The van der Waals surface area contributed by atoms with Crippen LogP contribution in [0, 0.1) is 10.1 Å². The second-order valence-corrected chi connectivity index (χ2v) is 3.83. The smallest absolute Gasteiger partial charge is 0.270 e. The van der Waals surface area contributed by atoms with E-state index in [9.17, 15) is 19.7 Å². The summed E-state index contributed by atoms with van der Waals surface area (Å²) in [5.74, 6) is -1.43. The highest BCUT2D eigenvalue weighted by Gasteiger charge is 2.19. The molecule has 0 amide bonds. The maximum Gasteiger partial charge on any atom is 0.270 e. The van der Waals surface area contributed by atoms with Crippen LogP contribution in [0.5, 0.6) is 0 Å². The number of nitro groups is 1. The number of ketones is 2. The Balaban J connectivity index is 0.00000200. The number of hydrogen-bond acceptors (Lipinski definition) is 4. The standard InChI is InChI=1S/C14H9NO4.BrH/c16-13(10-5-2-1-3-6-10)14(17)11-7-4-8-12(9-11)15(18)19;/h1-9H;1H. The van der Waals surface area contributed by atoms with Crippen molar-refractivity contribution in [1.29, 1.82) is 0 Å². The number of carbonyl (C=O) groups excluding carboxylic acids is 2. The minimum Gasteiger partial charge on any atom is -0.285 e. The van der Waals surface area contributed by atoms with Gasteiger partial charge in [0.25, 0.3) is 5.69 Å². The lowest BCUT2D eigenvalue weighted by Crippen LogP contribution is -2.14. The van der Waals surface area contributed by atoms with Gasteiger partial charge in [-0.25, -0.2) is 0 Å². The van der Waals surface area contributed by atoms with Gasteiger partial charge in [0.1, 0.15) is 0 Å². The summed E-state index contributed by atoms with van der Waals surface area (Å²) in [6, 6.07) is 13.2. The highest BCUT2D eigenvalue weighted by molar-refractivity contribution is 8.93. The van der Waals surface area contributed by atoms with E-state index in [2.05, 4.69) is 0 Å². The Morgan fingerprint density at radius 2 is 1.40 bits per heavy atom. The van der Waals surface area contributed by atoms with Crippen LogP contribution in [0.2, 0.25) is 0 Å². The van der Waals surface area contributed by atoms with Crippen LogP contribution in [-0.2, 0) is 0 Å². The fourth-order valence-electron chi connectivity index (χ4n) is 1.61. The molecule has 0 radical (unpaired) electrons. The molecule has 0 fully saturated rings. The molecule has 0 spiro atoms. The van der Waals surface area contributed by atoms with Gasteiger partial charge in [0.2, 0.25) is 11.6 Å². The van der Waals surface area contributed by atoms with Crippen molar-refractivity contribution in [3.05, 3.63) is 75.8 Å². The monoisotopic (exact) mass is 335 g/mol. The van der Waals surface area contributed by atoms with Crippen LogP contribution in [0.15, 0.2) is 54.6 Å². The number of non-ortho nitro benzene ring substituents is 1. The molecule has 102 valence electrons. The fourth-order valence-corrected chi connectivity index (χ4v) is 1.61. The van der Waals surface area contributed by atoms with Crippen LogP contribution in [0.1, 0.15) is 20.7 Å². The Morgan fingerprint density at radius 1 is 0.850 bits per heavy atom. The van der Waals surface area contributed by atoms with Crippen molar-refractivity contribution < 1.29 is 14.5 Å². The number of hydrogen-bond donors (Lipinski definition) is 0. The molecule has 0 aliphatic rings. The van der Waals surface area contributed by atoms with Crippen LogP contribution >= 0.6 is 17.0 Å². The van der Waals surface area contributed by atoms with Gasteiger partial charge in [-0.15, -0.1) is 17.0 Å². The zero-order chi connectivity index (χ0) is 13.8. The molecule has 0 aromatic heterocycles. The number of Topliss-reactive ketones (excluding diaryl/α,β-unsaturated/α-hetero) is 2. The lowest BCUT2D eigenvalue weighted by molar-refractivity contribution is -0.384. The molecule has 2 rings (SSSR count). The molecule has 0 atom stereocenters. The van der Waals surface area contributed by atoms with Gasteiger partial charge in [-0.3, -0.25) is 19.7 Å². The van der Waals surface area contributed by atoms with E-state index in [1.807, 2.05) is 0 Å². The summed E-state index contributed by atoms with van der Waals surface area (Å²) in [5, 5.41) is 10.6. The predicted octanol–water partition coefficient (Wildman–Crippen LogP) is 3.24. The minimum atomic E-state index is -0.755. The zero-order valence-corrected chi connectivity index (χ0v) is 11.9. The fraction of sp³-hybridized carbons (Fsp3) is 0. The van der Waals surface area contributed by atoms with E-state index in [1.165, 1.54) is 30.3 Å². The van der Waals surface area contributed by atoms with Crippen molar-refractivity contribution in [1.82, 2.24) is 0 Å². The lowest BCUT2D eigenvalue weighted by atomic mass is 10.0. The normalized spacial score (nSPS) is 9.40. The molecule has 0 aliphatic carbocycles. The van der Waals surface area contributed by atoms with Gasteiger partial charge in [-0.05, 0) is 0 Å². The first kappa shape index (κ1) is 15.7. The van der Waals surface area contributed by atoms with Gasteiger partial charge in [0, 0.05) is 23.3 Å². The van der Waals surface area contributed by atoms with E-state index in [0.717, 1.165) is 6.07 Å². The molecule has 0 aliphatic heterocycles. The van der Waals surface area contributed by atoms with Crippen molar-refractivity contribution in [3.63, 3.8) is 0 Å². The van der Waals surface area contributed by atoms with E-state index in [4.69, 9.17) is 0 Å². The highest BCUT2D eigenvalue weighted by Crippen LogP contribution is 2.15. The minimum absolute atomic E-state index is 0. The van der Waals surface area contributed by atoms with Crippen molar-refractivity contribution in [2.75, 3.05) is 0 Å². The SMILES string of the molecule is Br.O=C(C(=O)c1cccc([N+](=O)[O-])c1)c1ccccc1. The third kappa shape index (κ3) is 3.36. The molecular formula is C14H10BrNO4. The van der Waals surface area contributed by atoms with E-state index in [-0.39, 0.29) is 33.8 Å². The van der Waals surface area contributed by atoms with E-state index in [0.29, 0.717) is 0 Å². The second-order valence-electron chi connectivity index (χ2n) is 3.83. The van der Waals surface area contributed by atoms with Crippen molar-refractivity contribution in [3.8, 4) is 0 Å². The van der Waals surface area contributed by atoms with E-state index < -0.39 is 16.5 Å². The molecular weight excluding hydrogens is 326 g/mol. The average molecular weight is 336 g/mol. The first-order valence-corrected chi connectivity index (χ1v) is 5.48. The third-order valence-corrected chi connectivity index (χ3v) is 2.56. The molecule has 6 heteroatoms. The van der Waals surface area contributed by atoms with E-state index in [1.54, 1.807) is 18.2 Å². The largest absolute Gasteiger partial charge is 0.285 e. The van der Waals surface area contributed by atoms with Crippen LogP contribution in [0.4, 0.5) is 5.69 Å². The Bertz CT molecular complexity index is 655. The quantitative estimate of drug-likeness (QED) is 0.372. The lowest BCUT2D eigenvalue weighted by Gasteiger charge is -2.00. The first-order valence-electron chi connectivity index (χ1n) is 5.48. The third-order valence-electron chi connectivity index (χ3n) is 2.56. The zero-order valence-electron chi connectivity index (χ0n) is 10.2. The van der Waals surface area contributed by atoms with Crippen LogP contribution < -0.4 is 0 Å². The van der Waals surface area contributed by atoms with Gasteiger partial charge < -0.3 is 0 Å². The summed E-state index contributed by atoms with van der Waals surface area (Å²) >= 11 is 0. The molecule has 0 saturated heterocycles. The molecule has 0 heterocycles. The number of nitrogens with zero attached hydrogens (tertiary/aromatic N) is 1. The molecule has 2 aromatic carbocycles. The molecule has 0 saturated carbocycles. The molecule has 0 unspecified atom stereocenters. The number of carbonyl (C=O) groups is 2. The Kier molecular flexibility index (Phi) is 5.28. The van der Waals surface area contributed by atoms with Gasteiger partial charge in [-0.2, -0.15) is 0 Å². The maximum absolute atomic E-state index is 11.9. The number of nitro benzene ring substituents is 1. The van der Waals surface area contributed by atoms with Crippen molar-refractivity contribution in [2.45, 2.75) is 0 Å². The first-order chi connectivity index (χ1) is 9.09. The Labute approximate surface area is 125 Å². The topological polar surface area (TPSA) is 77.3 Å². The number of benzene rings is 2. The van der Waals surface area contributed by atoms with Crippen LogP contribution in [0.25, 0.3) is 0 Å². The number of rotatable bonds is 4. The number of halogens is 1.